The van der Waals surface area contributed by atoms with E-state index in [4.69, 9.17) is 4.98 Å². The smallest absolute Gasteiger partial charge is 0.251 e. The van der Waals surface area contributed by atoms with Crippen molar-refractivity contribution in [2.24, 2.45) is 0 Å². The number of carbonyl (C=O) groups is 1. The minimum absolute atomic E-state index is 0.0231. The second kappa shape index (κ2) is 8.74. The topological polar surface area (TPSA) is 48.5 Å². The summed E-state index contributed by atoms with van der Waals surface area (Å²) in [6, 6.07) is 10.5. The van der Waals surface area contributed by atoms with Gasteiger partial charge < -0.3 is 10.2 Å². The molecule has 1 aromatic heterocycles. The van der Waals surface area contributed by atoms with Crippen LogP contribution in [0.25, 0.3) is 10.2 Å². The van der Waals surface area contributed by atoms with Crippen LogP contribution in [0.5, 0.6) is 0 Å². The van der Waals surface area contributed by atoms with E-state index in [-0.39, 0.29) is 5.91 Å². The van der Waals surface area contributed by atoms with E-state index in [2.05, 4.69) is 41.1 Å². The largest absolute Gasteiger partial charge is 0.351 e. The number of nitrogens with zero attached hydrogens (tertiary/aromatic N) is 3. The highest BCUT2D eigenvalue weighted by molar-refractivity contribution is 7.22. The molecule has 5 nitrogen and oxygen atoms in total. The van der Waals surface area contributed by atoms with Crippen LogP contribution in [0, 0.1) is 27.7 Å². The Morgan fingerprint density at radius 1 is 1.00 bits per heavy atom. The molecule has 0 atom stereocenters. The highest BCUT2D eigenvalue weighted by Crippen LogP contribution is 2.32. The molecule has 1 N–H and O–H groups in total. The summed E-state index contributed by atoms with van der Waals surface area (Å²) < 4.78 is 1.28. The minimum atomic E-state index is 0.0231. The van der Waals surface area contributed by atoms with Crippen molar-refractivity contribution in [3.63, 3.8) is 0 Å². The summed E-state index contributed by atoms with van der Waals surface area (Å²) in [5.41, 5.74) is 6.60. The van der Waals surface area contributed by atoms with E-state index in [0.29, 0.717) is 6.54 Å². The molecular weight excluding hydrogens is 392 g/mol. The third kappa shape index (κ3) is 4.50. The van der Waals surface area contributed by atoms with Gasteiger partial charge in [-0.1, -0.05) is 35.1 Å². The summed E-state index contributed by atoms with van der Waals surface area (Å²) in [5, 5.41) is 4.21. The predicted molar refractivity (Wildman–Crippen MR) is 126 cm³/mol. The van der Waals surface area contributed by atoms with E-state index in [0.717, 1.165) is 60.1 Å². The fourth-order valence-electron chi connectivity index (χ4n) is 4.06. The quantitative estimate of drug-likeness (QED) is 0.673. The second-order valence-electron chi connectivity index (χ2n) is 8.33. The number of nitrogens with one attached hydrogen (secondary N) is 1. The number of fused-ring (bicyclic) bond motifs is 1. The maximum absolute atomic E-state index is 12.5. The van der Waals surface area contributed by atoms with E-state index in [1.165, 1.54) is 15.8 Å². The molecule has 1 saturated heterocycles. The number of benzene rings is 2. The normalized spacial score (nSPS) is 15.0. The SMILES string of the molecule is Cc1ccc(C)c(C(=O)NCCN2CCN(c3nc4c(C)cc(C)cc4s3)CC2)c1. The van der Waals surface area contributed by atoms with Gasteiger partial charge in [-0.15, -0.1) is 0 Å². The van der Waals surface area contributed by atoms with Crippen LogP contribution in [0.4, 0.5) is 5.13 Å². The Hall–Kier alpha value is -2.44. The van der Waals surface area contributed by atoms with Gasteiger partial charge in [-0.05, 0) is 56.5 Å². The van der Waals surface area contributed by atoms with Gasteiger partial charge in [-0.3, -0.25) is 9.69 Å². The van der Waals surface area contributed by atoms with Crippen molar-refractivity contribution < 1.29 is 4.79 Å². The average molecular weight is 423 g/mol. The molecule has 4 rings (SSSR count). The Morgan fingerprint density at radius 3 is 2.53 bits per heavy atom. The molecule has 3 aromatic rings. The predicted octanol–water partition coefficient (Wildman–Crippen LogP) is 4.08. The first-order valence-corrected chi connectivity index (χ1v) is 11.4. The van der Waals surface area contributed by atoms with Crippen molar-refractivity contribution in [1.29, 1.82) is 0 Å². The van der Waals surface area contributed by atoms with E-state index in [1.807, 2.05) is 32.0 Å². The van der Waals surface area contributed by atoms with Crippen molar-refractivity contribution in [2.75, 3.05) is 44.2 Å². The first kappa shape index (κ1) is 20.8. The summed E-state index contributed by atoms with van der Waals surface area (Å²) in [4.78, 5) is 22.2. The Morgan fingerprint density at radius 2 is 1.77 bits per heavy atom. The molecule has 0 spiro atoms. The number of aromatic nitrogens is 1. The Kier molecular flexibility index (Phi) is 6.06. The van der Waals surface area contributed by atoms with Crippen molar-refractivity contribution in [2.45, 2.75) is 27.7 Å². The third-order valence-corrected chi connectivity index (χ3v) is 6.88. The number of hydrogen-bond acceptors (Lipinski definition) is 5. The number of aryl methyl sites for hydroxylation is 4. The number of thiazole rings is 1. The zero-order chi connectivity index (χ0) is 21.3. The molecule has 1 aliphatic rings. The van der Waals surface area contributed by atoms with Crippen LogP contribution in [0.2, 0.25) is 0 Å². The number of piperazine rings is 1. The molecular formula is C24H30N4OS. The number of amides is 1. The van der Waals surface area contributed by atoms with Crippen molar-refractivity contribution in [3.8, 4) is 0 Å². The van der Waals surface area contributed by atoms with Crippen LogP contribution >= 0.6 is 11.3 Å². The summed E-state index contributed by atoms with van der Waals surface area (Å²) in [5.74, 6) is 0.0231. The highest BCUT2D eigenvalue weighted by Gasteiger charge is 2.20. The number of anilines is 1. The number of rotatable bonds is 5. The molecule has 1 aliphatic heterocycles. The summed E-state index contributed by atoms with van der Waals surface area (Å²) in [6.45, 7) is 13.8. The molecule has 158 valence electrons. The molecule has 1 fully saturated rings. The minimum Gasteiger partial charge on any atom is -0.351 e. The van der Waals surface area contributed by atoms with Gasteiger partial charge in [0, 0.05) is 44.8 Å². The molecule has 0 saturated carbocycles. The summed E-state index contributed by atoms with van der Waals surface area (Å²) >= 11 is 1.79. The second-order valence-corrected chi connectivity index (χ2v) is 9.34. The molecule has 6 heteroatoms. The zero-order valence-electron chi connectivity index (χ0n) is 18.3. The fraction of sp³-hybridized carbons (Fsp3) is 0.417. The van der Waals surface area contributed by atoms with Crippen molar-refractivity contribution in [1.82, 2.24) is 15.2 Å². The van der Waals surface area contributed by atoms with Gasteiger partial charge in [-0.2, -0.15) is 0 Å². The van der Waals surface area contributed by atoms with Gasteiger partial charge in [-0.25, -0.2) is 4.98 Å². The molecule has 1 amide bonds. The maximum atomic E-state index is 12.5. The molecule has 2 aromatic carbocycles. The van der Waals surface area contributed by atoms with Gasteiger partial charge >= 0.3 is 0 Å². The third-order valence-electron chi connectivity index (χ3n) is 5.81. The average Bonchev–Trinajstić information content (AvgIpc) is 3.14. The van der Waals surface area contributed by atoms with Crippen LogP contribution < -0.4 is 10.2 Å². The van der Waals surface area contributed by atoms with Crippen LogP contribution in [0.15, 0.2) is 30.3 Å². The fourth-order valence-corrected chi connectivity index (χ4v) is 5.25. The van der Waals surface area contributed by atoms with Crippen LogP contribution in [0.3, 0.4) is 0 Å². The van der Waals surface area contributed by atoms with E-state index >= 15 is 0 Å². The van der Waals surface area contributed by atoms with E-state index in [1.54, 1.807) is 11.3 Å². The molecule has 0 radical (unpaired) electrons. The van der Waals surface area contributed by atoms with E-state index < -0.39 is 0 Å². The Bertz CT molecular complexity index is 1070. The number of hydrogen-bond donors (Lipinski definition) is 1. The first-order chi connectivity index (χ1) is 14.4. The van der Waals surface area contributed by atoms with Crippen molar-refractivity contribution in [3.05, 3.63) is 58.1 Å². The van der Waals surface area contributed by atoms with Gasteiger partial charge in [0.2, 0.25) is 0 Å². The standard InChI is InChI=1S/C24H30N4OS/c1-16-5-6-18(3)20(14-16)23(29)25-7-8-27-9-11-28(12-10-27)24-26-22-19(4)13-17(2)15-21(22)30-24/h5-6,13-15H,7-12H2,1-4H3,(H,25,29). The maximum Gasteiger partial charge on any atom is 0.251 e. The van der Waals surface area contributed by atoms with Gasteiger partial charge in [0.05, 0.1) is 10.2 Å². The highest BCUT2D eigenvalue weighted by atomic mass is 32.1. The Balaban J connectivity index is 1.28. The first-order valence-electron chi connectivity index (χ1n) is 10.6. The van der Waals surface area contributed by atoms with Crippen LogP contribution in [0.1, 0.15) is 32.6 Å². The summed E-state index contributed by atoms with van der Waals surface area (Å²) in [7, 11) is 0. The van der Waals surface area contributed by atoms with Gasteiger partial charge in [0.15, 0.2) is 5.13 Å². The molecule has 0 bridgehead atoms. The molecule has 2 heterocycles. The molecule has 0 aliphatic carbocycles. The molecule has 0 unspecified atom stereocenters. The lowest BCUT2D eigenvalue weighted by atomic mass is 10.1. The lowest BCUT2D eigenvalue weighted by Gasteiger charge is -2.34. The zero-order valence-corrected chi connectivity index (χ0v) is 19.1. The van der Waals surface area contributed by atoms with Gasteiger partial charge in [0.25, 0.3) is 5.91 Å². The van der Waals surface area contributed by atoms with Gasteiger partial charge in [0.1, 0.15) is 0 Å². The number of carbonyl (C=O) groups excluding carboxylic acids is 1. The van der Waals surface area contributed by atoms with E-state index in [9.17, 15) is 4.79 Å². The van der Waals surface area contributed by atoms with Crippen LogP contribution in [-0.2, 0) is 0 Å². The van der Waals surface area contributed by atoms with Crippen LogP contribution in [-0.4, -0.2) is 55.1 Å². The lowest BCUT2D eigenvalue weighted by Crippen LogP contribution is -2.48. The Labute approximate surface area is 182 Å². The van der Waals surface area contributed by atoms with Crippen molar-refractivity contribution >= 4 is 32.6 Å². The lowest BCUT2D eigenvalue weighted by molar-refractivity contribution is 0.0947. The molecule has 30 heavy (non-hydrogen) atoms. The monoisotopic (exact) mass is 422 g/mol. The summed E-state index contributed by atoms with van der Waals surface area (Å²) in [6.07, 6.45) is 0.